The molecule has 1 amide bonds. The van der Waals surface area contributed by atoms with Crippen LogP contribution in [0.5, 0.6) is 0 Å². The van der Waals surface area contributed by atoms with Crippen molar-refractivity contribution in [1.29, 1.82) is 0 Å². The first-order chi connectivity index (χ1) is 9.19. The molecular weight excluding hydrogens is 242 g/mol. The van der Waals surface area contributed by atoms with Gasteiger partial charge in [0.1, 0.15) is 0 Å². The van der Waals surface area contributed by atoms with Crippen LogP contribution >= 0.6 is 0 Å². The number of aromatic nitrogens is 1. The molecule has 1 fully saturated rings. The Morgan fingerprint density at radius 3 is 2.95 bits per heavy atom. The first kappa shape index (κ1) is 13.3. The van der Waals surface area contributed by atoms with Crippen molar-refractivity contribution in [2.75, 3.05) is 18.9 Å². The van der Waals surface area contributed by atoms with E-state index in [2.05, 4.69) is 32.9 Å². The lowest BCUT2D eigenvalue weighted by Gasteiger charge is -2.11. The number of guanidine groups is 1. The van der Waals surface area contributed by atoms with Gasteiger partial charge in [-0.05, 0) is 24.5 Å². The normalized spacial score (nSPS) is 21.7. The van der Waals surface area contributed by atoms with Gasteiger partial charge in [0.25, 0.3) is 0 Å². The smallest absolute Gasteiger partial charge is 0.243 e. The molecule has 0 radical (unpaired) electrons. The standard InChI is InChI=1S/C13H19N5O/c1-9-6-11(9)18-13(14-2)16-8-12(19)17-10-4-3-5-15-7-10/h3-5,7,9,11H,6,8H2,1-2H3,(H,17,19)(H2,14,16,18). The van der Waals surface area contributed by atoms with Crippen LogP contribution in [-0.2, 0) is 4.79 Å². The molecule has 2 atom stereocenters. The molecule has 1 aromatic heterocycles. The van der Waals surface area contributed by atoms with E-state index >= 15 is 0 Å². The third kappa shape index (κ3) is 4.24. The Kier molecular flexibility index (Phi) is 4.33. The molecule has 1 heterocycles. The van der Waals surface area contributed by atoms with Crippen LogP contribution in [0.15, 0.2) is 29.5 Å². The van der Waals surface area contributed by atoms with Gasteiger partial charge in [-0.2, -0.15) is 0 Å². The number of rotatable bonds is 4. The zero-order chi connectivity index (χ0) is 13.7. The van der Waals surface area contributed by atoms with Crippen LogP contribution in [0.2, 0.25) is 0 Å². The predicted molar refractivity (Wildman–Crippen MR) is 74.9 cm³/mol. The summed E-state index contributed by atoms with van der Waals surface area (Å²) in [6.07, 6.45) is 4.43. The largest absolute Gasteiger partial charge is 0.353 e. The molecule has 0 spiro atoms. The number of amides is 1. The Morgan fingerprint density at radius 2 is 2.37 bits per heavy atom. The van der Waals surface area contributed by atoms with E-state index in [1.165, 1.54) is 0 Å². The summed E-state index contributed by atoms with van der Waals surface area (Å²) in [4.78, 5) is 19.7. The van der Waals surface area contributed by atoms with Gasteiger partial charge in [-0.3, -0.25) is 14.8 Å². The number of carbonyl (C=O) groups excluding carboxylic acids is 1. The minimum absolute atomic E-state index is 0.125. The van der Waals surface area contributed by atoms with Crippen LogP contribution in [-0.4, -0.2) is 36.5 Å². The summed E-state index contributed by atoms with van der Waals surface area (Å²) in [6.45, 7) is 2.36. The molecule has 0 aliphatic heterocycles. The molecule has 102 valence electrons. The molecule has 0 bridgehead atoms. The maximum atomic E-state index is 11.7. The topological polar surface area (TPSA) is 78.4 Å². The fourth-order valence-electron chi connectivity index (χ4n) is 1.70. The molecule has 6 nitrogen and oxygen atoms in total. The minimum Gasteiger partial charge on any atom is -0.353 e. The fraction of sp³-hybridized carbons (Fsp3) is 0.462. The summed E-state index contributed by atoms with van der Waals surface area (Å²) < 4.78 is 0. The summed E-state index contributed by atoms with van der Waals surface area (Å²) in [7, 11) is 1.70. The van der Waals surface area contributed by atoms with Crippen molar-refractivity contribution in [3.8, 4) is 0 Å². The minimum atomic E-state index is -0.125. The van der Waals surface area contributed by atoms with E-state index in [-0.39, 0.29) is 12.5 Å². The van der Waals surface area contributed by atoms with Crippen molar-refractivity contribution in [1.82, 2.24) is 15.6 Å². The highest BCUT2D eigenvalue weighted by atomic mass is 16.1. The van der Waals surface area contributed by atoms with E-state index in [1.54, 1.807) is 31.6 Å². The number of aliphatic imine (C=N–C) groups is 1. The number of nitrogens with zero attached hydrogens (tertiary/aromatic N) is 2. The van der Waals surface area contributed by atoms with Crippen LogP contribution < -0.4 is 16.0 Å². The Hall–Kier alpha value is -2.11. The molecule has 1 saturated carbocycles. The van der Waals surface area contributed by atoms with Crippen molar-refractivity contribution in [2.45, 2.75) is 19.4 Å². The predicted octanol–water partition coefficient (Wildman–Crippen LogP) is 0.593. The third-order valence-corrected chi connectivity index (χ3v) is 3.02. The third-order valence-electron chi connectivity index (χ3n) is 3.02. The number of hydrogen-bond acceptors (Lipinski definition) is 3. The lowest BCUT2D eigenvalue weighted by Crippen LogP contribution is -2.42. The number of hydrogen-bond donors (Lipinski definition) is 3. The van der Waals surface area contributed by atoms with Gasteiger partial charge in [-0.25, -0.2) is 0 Å². The molecule has 3 N–H and O–H groups in total. The Balaban J connectivity index is 1.73. The highest BCUT2D eigenvalue weighted by molar-refractivity contribution is 5.94. The van der Waals surface area contributed by atoms with Crippen molar-refractivity contribution >= 4 is 17.6 Å². The number of carbonyl (C=O) groups is 1. The summed E-state index contributed by atoms with van der Waals surface area (Å²) in [6, 6.07) is 4.05. The van der Waals surface area contributed by atoms with Crippen LogP contribution in [0.1, 0.15) is 13.3 Å². The van der Waals surface area contributed by atoms with E-state index in [9.17, 15) is 4.79 Å². The summed E-state index contributed by atoms with van der Waals surface area (Å²) in [5.74, 6) is 1.22. The highest BCUT2D eigenvalue weighted by Gasteiger charge is 2.33. The van der Waals surface area contributed by atoms with E-state index in [0.717, 1.165) is 6.42 Å². The van der Waals surface area contributed by atoms with Crippen LogP contribution in [0, 0.1) is 5.92 Å². The summed E-state index contributed by atoms with van der Waals surface area (Å²) in [5.41, 5.74) is 0.688. The number of nitrogens with one attached hydrogen (secondary N) is 3. The van der Waals surface area contributed by atoms with Crippen molar-refractivity contribution in [2.24, 2.45) is 10.9 Å². The van der Waals surface area contributed by atoms with Gasteiger partial charge in [-0.1, -0.05) is 6.92 Å². The first-order valence-electron chi connectivity index (χ1n) is 6.36. The maximum absolute atomic E-state index is 11.7. The molecule has 2 rings (SSSR count). The quantitative estimate of drug-likeness (QED) is 0.547. The van der Waals surface area contributed by atoms with E-state index in [1.807, 2.05) is 0 Å². The molecule has 1 aliphatic carbocycles. The maximum Gasteiger partial charge on any atom is 0.243 e. The second-order valence-electron chi connectivity index (χ2n) is 4.68. The Bertz CT molecular complexity index is 459. The van der Waals surface area contributed by atoms with Gasteiger partial charge >= 0.3 is 0 Å². The summed E-state index contributed by atoms with van der Waals surface area (Å²) >= 11 is 0. The Morgan fingerprint density at radius 1 is 1.58 bits per heavy atom. The zero-order valence-corrected chi connectivity index (χ0v) is 11.2. The second-order valence-corrected chi connectivity index (χ2v) is 4.68. The average Bonchev–Trinajstić information content (AvgIpc) is 3.11. The van der Waals surface area contributed by atoms with Crippen molar-refractivity contribution in [3.63, 3.8) is 0 Å². The Labute approximate surface area is 112 Å². The second kappa shape index (κ2) is 6.17. The van der Waals surface area contributed by atoms with Gasteiger partial charge in [-0.15, -0.1) is 0 Å². The van der Waals surface area contributed by atoms with Crippen LogP contribution in [0.4, 0.5) is 5.69 Å². The number of pyridine rings is 1. The van der Waals surface area contributed by atoms with Crippen molar-refractivity contribution < 1.29 is 4.79 Å². The molecule has 2 unspecified atom stereocenters. The first-order valence-corrected chi connectivity index (χ1v) is 6.36. The monoisotopic (exact) mass is 261 g/mol. The lowest BCUT2D eigenvalue weighted by atomic mass is 10.4. The van der Waals surface area contributed by atoms with Gasteiger partial charge in [0.15, 0.2) is 5.96 Å². The molecular formula is C13H19N5O. The van der Waals surface area contributed by atoms with Gasteiger partial charge in [0, 0.05) is 19.3 Å². The fourth-order valence-corrected chi connectivity index (χ4v) is 1.70. The molecule has 0 aromatic carbocycles. The molecule has 1 aliphatic rings. The lowest BCUT2D eigenvalue weighted by molar-refractivity contribution is -0.115. The van der Waals surface area contributed by atoms with Crippen LogP contribution in [0.3, 0.4) is 0 Å². The molecule has 19 heavy (non-hydrogen) atoms. The van der Waals surface area contributed by atoms with Gasteiger partial charge in [0.2, 0.25) is 5.91 Å². The van der Waals surface area contributed by atoms with E-state index < -0.39 is 0 Å². The van der Waals surface area contributed by atoms with E-state index in [0.29, 0.717) is 23.6 Å². The van der Waals surface area contributed by atoms with E-state index in [4.69, 9.17) is 0 Å². The molecule has 1 aromatic rings. The van der Waals surface area contributed by atoms with Gasteiger partial charge in [0.05, 0.1) is 18.4 Å². The van der Waals surface area contributed by atoms with Crippen LogP contribution in [0.25, 0.3) is 0 Å². The zero-order valence-electron chi connectivity index (χ0n) is 11.2. The molecule has 6 heteroatoms. The number of anilines is 1. The highest BCUT2D eigenvalue weighted by Crippen LogP contribution is 2.28. The summed E-state index contributed by atoms with van der Waals surface area (Å²) in [5, 5.41) is 9.00. The van der Waals surface area contributed by atoms with Gasteiger partial charge < -0.3 is 16.0 Å². The SMILES string of the molecule is CN=C(NCC(=O)Nc1cccnc1)NC1CC1C. The average molecular weight is 261 g/mol. The van der Waals surface area contributed by atoms with Crippen molar-refractivity contribution in [3.05, 3.63) is 24.5 Å². The molecule has 0 saturated heterocycles.